The summed E-state index contributed by atoms with van der Waals surface area (Å²) in [6.07, 6.45) is 4.72. The van der Waals surface area contributed by atoms with Crippen LogP contribution >= 0.6 is 0 Å². The highest BCUT2D eigenvalue weighted by molar-refractivity contribution is 6.20. The number of hydrogen-bond donors (Lipinski definition) is 2. The molecule has 0 saturated heterocycles. The predicted octanol–water partition coefficient (Wildman–Crippen LogP) is 22.4. The molecule has 2 aliphatic heterocycles. The molecule has 0 unspecified atom stereocenters. The van der Waals surface area contributed by atoms with E-state index < -0.39 is 5.41 Å². The van der Waals surface area contributed by atoms with Crippen LogP contribution in [0.4, 0.5) is 22.7 Å². The summed E-state index contributed by atoms with van der Waals surface area (Å²) in [5.41, 5.74) is 26.8. The summed E-state index contributed by atoms with van der Waals surface area (Å²) in [5, 5.41) is 14.6. The number of benzene rings is 11. The van der Waals surface area contributed by atoms with Crippen molar-refractivity contribution >= 4 is 99.7 Å². The van der Waals surface area contributed by atoms with Gasteiger partial charge in [-0.15, -0.1) is 0 Å². The maximum absolute atomic E-state index is 7.61. The van der Waals surface area contributed by atoms with Gasteiger partial charge in [0, 0.05) is 84.9 Å². The van der Waals surface area contributed by atoms with Gasteiger partial charge in [-0.05, 0) is 148 Å². The molecule has 14 aromatic rings. The van der Waals surface area contributed by atoms with Crippen LogP contribution in [0.5, 0.6) is 0 Å². The Bertz CT molecular complexity index is 5620. The number of rotatable bonds is 8. The molecule has 7 nitrogen and oxygen atoms in total. The van der Waals surface area contributed by atoms with E-state index in [4.69, 9.17) is 13.3 Å². The maximum atomic E-state index is 7.61. The van der Waals surface area contributed by atoms with E-state index in [1.807, 2.05) is 0 Å². The quantitative estimate of drug-likeness (QED) is 0.157. The number of nitrogens with zero attached hydrogens (tertiary/aromatic N) is 2. The van der Waals surface area contributed by atoms with Crippen LogP contribution in [0.2, 0.25) is 0 Å². The normalized spacial score (nSPS) is 15.0. The van der Waals surface area contributed by atoms with Crippen molar-refractivity contribution in [1.29, 1.82) is 0 Å². The zero-order valence-corrected chi connectivity index (χ0v) is 54.1. The average Bonchev–Trinajstić information content (AvgIpc) is 1.49. The lowest BCUT2D eigenvalue weighted by Gasteiger charge is -2.36. The molecular formula is C87H70N4O3. The molecular weight excluding hydrogens is 1150 g/mol. The largest absolute Gasteiger partial charge is 0.455 e. The van der Waals surface area contributed by atoms with Crippen molar-refractivity contribution in [2.24, 2.45) is 0 Å². The minimum Gasteiger partial charge on any atom is -0.455 e. The third-order valence-corrected chi connectivity index (χ3v) is 20.3. The molecule has 0 fully saturated rings. The van der Waals surface area contributed by atoms with Gasteiger partial charge in [-0.1, -0.05) is 223 Å². The van der Waals surface area contributed by atoms with Crippen molar-refractivity contribution in [2.45, 2.75) is 71.6 Å². The van der Waals surface area contributed by atoms with E-state index in [2.05, 4.69) is 318 Å². The van der Waals surface area contributed by atoms with Crippen molar-refractivity contribution < 1.29 is 13.3 Å². The van der Waals surface area contributed by atoms with Gasteiger partial charge in [0.15, 0.2) is 0 Å². The first-order valence-corrected chi connectivity index (χ1v) is 33.0. The molecule has 0 atom stereocenters. The number of fused-ring (bicyclic) bond motifs is 20. The zero-order valence-electron chi connectivity index (χ0n) is 54.1. The first-order valence-electron chi connectivity index (χ1n) is 33.0. The summed E-state index contributed by atoms with van der Waals surface area (Å²) in [7, 11) is 0. The van der Waals surface area contributed by atoms with Gasteiger partial charge in [0.2, 0.25) is 0 Å². The van der Waals surface area contributed by atoms with Gasteiger partial charge in [0.1, 0.15) is 45.1 Å². The highest BCUT2D eigenvalue weighted by atomic mass is 16.3. The number of para-hydroxylation sites is 5. The molecule has 0 radical (unpaired) electrons. The third-order valence-electron chi connectivity index (χ3n) is 20.3. The number of furan rings is 3. The molecule has 11 aromatic carbocycles. The van der Waals surface area contributed by atoms with Gasteiger partial charge in [-0.25, -0.2) is 0 Å². The lowest BCUT2D eigenvalue weighted by atomic mass is 9.70. The van der Waals surface area contributed by atoms with Crippen molar-refractivity contribution in [2.75, 3.05) is 22.9 Å². The van der Waals surface area contributed by atoms with E-state index in [-0.39, 0.29) is 10.8 Å². The Morgan fingerprint density at radius 3 is 1.32 bits per heavy atom. The maximum Gasteiger partial charge on any atom is 0.145 e. The summed E-state index contributed by atoms with van der Waals surface area (Å²) < 4.78 is 21.4. The fraction of sp³-hybridized carbons (Fsp3) is 0.149. The molecule has 456 valence electrons. The third kappa shape index (κ3) is 8.22. The van der Waals surface area contributed by atoms with Gasteiger partial charge < -0.3 is 23.9 Å². The Hall–Kier alpha value is -11.0. The van der Waals surface area contributed by atoms with E-state index in [0.29, 0.717) is 13.1 Å². The average molecular weight is 1220 g/mol. The first-order chi connectivity index (χ1) is 45.7. The molecule has 0 bridgehead atoms. The summed E-state index contributed by atoms with van der Waals surface area (Å²) >= 11 is 0. The van der Waals surface area contributed by atoms with Crippen molar-refractivity contribution in [1.82, 2.24) is 10.6 Å². The molecule has 3 aromatic heterocycles. The molecule has 2 N–H and O–H groups in total. The van der Waals surface area contributed by atoms with Crippen LogP contribution in [-0.4, -0.2) is 13.1 Å². The van der Waals surface area contributed by atoms with Crippen molar-refractivity contribution in [3.05, 3.63) is 310 Å². The molecule has 0 saturated carbocycles. The van der Waals surface area contributed by atoms with Gasteiger partial charge >= 0.3 is 0 Å². The summed E-state index contributed by atoms with van der Waals surface area (Å²) in [5.74, 6) is 1.92. The van der Waals surface area contributed by atoms with Gasteiger partial charge in [-0.2, -0.15) is 0 Å². The van der Waals surface area contributed by atoms with Crippen LogP contribution < -0.4 is 20.4 Å². The highest BCUT2D eigenvalue weighted by Gasteiger charge is 2.54. The smallest absolute Gasteiger partial charge is 0.145 e. The lowest BCUT2D eigenvalue weighted by molar-refractivity contribution is 0.590. The number of allylic oxidation sites excluding steroid dienone is 4. The Morgan fingerprint density at radius 2 is 0.787 bits per heavy atom. The van der Waals surface area contributed by atoms with Crippen LogP contribution in [-0.2, 0) is 16.2 Å². The first kappa shape index (κ1) is 55.8. The van der Waals surface area contributed by atoms with E-state index in [1.54, 1.807) is 0 Å². The standard InChI is InChI=1S/C87H70N4O3/c1-51-45-68(64-28-19-26-62-60-23-11-16-32-75(60)92-80(62)64)83(88-49-51)90(55-39-35-53(36-40-55)85(3,4)5)57-43-44-66-72(47-57)87(70-30-14-9-21-58(70)59-22-10-15-31-71(59)87)73-48-74(79-67-25-13-18-34-77(67)94-82(79)78(66)73)91(56-41-37-54(38-42-56)86(6,7)8)84-69(46-52(2)50-89-84)65-29-20-27-63-61-24-12-17-33-76(61)93-81(63)65/h9-48,88-89H,49-50H2,1-8H3. The number of anilines is 4. The van der Waals surface area contributed by atoms with Gasteiger partial charge in [0.05, 0.1) is 16.5 Å². The molecule has 94 heavy (non-hydrogen) atoms. The van der Waals surface area contributed by atoms with Crippen molar-refractivity contribution in [3.8, 4) is 22.3 Å². The predicted molar refractivity (Wildman–Crippen MR) is 389 cm³/mol. The summed E-state index contributed by atoms with van der Waals surface area (Å²) in [6, 6.07) is 85.1. The Morgan fingerprint density at radius 1 is 0.362 bits per heavy atom. The fourth-order valence-corrected chi connectivity index (χ4v) is 15.9. The van der Waals surface area contributed by atoms with Crippen LogP contribution in [0.1, 0.15) is 99.9 Å². The molecule has 0 amide bonds. The molecule has 2 aliphatic carbocycles. The molecule has 4 aliphatic rings. The Labute approximate surface area is 547 Å². The summed E-state index contributed by atoms with van der Waals surface area (Å²) in [6.45, 7) is 19.5. The second-order valence-corrected chi connectivity index (χ2v) is 28.2. The van der Waals surface area contributed by atoms with Crippen LogP contribution in [0.25, 0.3) is 99.2 Å². The zero-order chi connectivity index (χ0) is 63.5. The van der Waals surface area contributed by atoms with Crippen LogP contribution in [0, 0.1) is 0 Å². The Kier molecular flexibility index (Phi) is 12.2. The van der Waals surface area contributed by atoms with Gasteiger partial charge in [-0.3, -0.25) is 9.80 Å². The van der Waals surface area contributed by atoms with Crippen LogP contribution in [0.3, 0.4) is 0 Å². The number of hydrogen-bond acceptors (Lipinski definition) is 7. The monoisotopic (exact) mass is 1220 g/mol. The number of dihydropyridines is 2. The second-order valence-electron chi connectivity index (χ2n) is 28.2. The number of nitrogens with one attached hydrogen (secondary N) is 2. The Balaban J connectivity index is 0.948. The fourth-order valence-electron chi connectivity index (χ4n) is 15.9. The minimum atomic E-state index is -0.833. The second kappa shape index (κ2) is 20.5. The molecule has 18 rings (SSSR count). The van der Waals surface area contributed by atoms with Crippen LogP contribution in [0.15, 0.2) is 279 Å². The highest BCUT2D eigenvalue weighted by Crippen LogP contribution is 2.66. The minimum absolute atomic E-state index is 0.0572. The van der Waals surface area contributed by atoms with E-state index in [9.17, 15) is 0 Å². The van der Waals surface area contributed by atoms with E-state index >= 15 is 0 Å². The van der Waals surface area contributed by atoms with Gasteiger partial charge in [0.25, 0.3) is 0 Å². The summed E-state index contributed by atoms with van der Waals surface area (Å²) in [4.78, 5) is 4.96. The van der Waals surface area contributed by atoms with E-state index in [1.165, 1.54) is 50.1 Å². The van der Waals surface area contributed by atoms with Crippen molar-refractivity contribution in [3.63, 3.8) is 0 Å². The SMILES string of the molecule is CC1=CC(c2cccc3c2oc2ccccc23)=C(N(c2ccc(C(C)(C)C)cc2)c2ccc3c(c2)C2(c4ccccc4-c4ccccc42)c2cc(N(C4=C(c5cccc6c5oc5ccccc56)C=C(C)CN4)c4ccc(C(C)(C)C)cc4)c4c(oc5ccccc54)c2-3)NC1. The molecule has 1 spiro atoms. The topological polar surface area (TPSA) is 70.0 Å². The molecule has 5 heterocycles. The van der Waals surface area contributed by atoms with E-state index in [0.717, 1.165) is 139 Å². The molecule has 7 heteroatoms. The lowest BCUT2D eigenvalue weighted by Crippen LogP contribution is -2.33.